The molecule has 0 saturated carbocycles. The molecule has 1 amide bonds. The zero-order valence-corrected chi connectivity index (χ0v) is 15.0. The molecule has 1 fully saturated rings. The Morgan fingerprint density at radius 2 is 1.79 bits per heavy atom. The molecule has 0 radical (unpaired) electrons. The molecular formula is C21H18N2O5. The van der Waals surface area contributed by atoms with Crippen molar-refractivity contribution in [2.45, 2.75) is 18.9 Å². The van der Waals surface area contributed by atoms with E-state index < -0.39 is 24.6 Å². The number of carbonyl (C=O) groups is 3. The van der Waals surface area contributed by atoms with Crippen molar-refractivity contribution in [3.05, 3.63) is 65.7 Å². The van der Waals surface area contributed by atoms with Crippen molar-refractivity contribution in [2.75, 3.05) is 13.2 Å². The van der Waals surface area contributed by atoms with Crippen LogP contribution in [0.15, 0.2) is 54.6 Å². The van der Waals surface area contributed by atoms with E-state index in [1.165, 1.54) is 4.90 Å². The molecule has 1 atom stereocenters. The largest absolute Gasteiger partial charge is 0.482 e. The van der Waals surface area contributed by atoms with Gasteiger partial charge < -0.3 is 14.4 Å². The van der Waals surface area contributed by atoms with Crippen LogP contribution in [0.5, 0.6) is 5.75 Å². The van der Waals surface area contributed by atoms with Gasteiger partial charge in [-0.2, -0.15) is 5.26 Å². The second-order valence-corrected chi connectivity index (χ2v) is 6.24. The molecule has 0 aromatic heterocycles. The minimum Gasteiger partial charge on any atom is -0.482 e. The van der Waals surface area contributed by atoms with Crippen LogP contribution >= 0.6 is 0 Å². The van der Waals surface area contributed by atoms with Gasteiger partial charge in [-0.05, 0) is 49.2 Å². The smallest absolute Gasteiger partial charge is 0.351 e. The Morgan fingerprint density at radius 1 is 1.07 bits per heavy atom. The molecular weight excluding hydrogens is 360 g/mol. The summed E-state index contributed by atoms with van der Waals surface area (Å²) in [6, 6.07) is 16.0. The third-order valence-corrected chi connectivity index (χ3v) is 4.36. The first-order valence-corrected chi connectivity index (χ1v) is 8.82. The molecule has 0 N–H and O–H groups in total. The van der Waals surface area contributed by atoms with Crippen molar-refractivity contribution in [1.82, 2.24) is 4.90 Å². The molecule has 2 aromatic carbocycles. The summed E-state index contributed by atoms with van der Waals surface area (Å²) >= 11 is 0. The van der Waals surface area contributed by atoms with Crippen LogP contribution in [-0.2, 0) is 14.3 Å². The highest BCUT2D eigenvalue weighted by molar-refractivity contribution is 5.98. The Labute approximate surface area is 162 Å². The number of nitriles is 1. The molecule has 1 saturated heterocycles. The Bertz CT molecular complexity index is 903. The average molecular weight is 378 g/mol. The number of hydrogen-bond acceptors (Lipinski definition) is 6. The first-order chi connectivity index (χ1) is 13.6. The monoisotopic (exact) mass is 378 g/mol. The fraction of sp³-hybridized carbons (Fsp3) is 0.238. The van der Waals surface area contributed by atoms with Gasteiger partial charge in [-0.25, -0.2) is 9.59 Å². The average Bonchev–Trinajstić information content (AvgIpc) is 3.22. The number of rotatable bonds is 5. The fourth-order valence-corrected chi connectivity index (χ4v) is 2.98. The van der Waals surface area contributed by atoms with Crippen LogP contribution in [0.2, 0.25) is 0 Å². The molecule has 7 nitrogen and oxygen atoms in total. The van der Waals surface area contributed by atoms with Crippen LogP contribution in [0.1, 0.15) is 28.8 Å². The molecule has 142 valence electrons. The highest BCUT2D eigenvalue weighted by Crippen LogP contribution is 2.21. The molecule has 1 aliphatic rings. The van der Waals surface area contributed by atoms with Gasteiger partial charge in [-0.3, -0.25) is 4.79 Å². The minimum absolute atomic E-state index is 0.336. The molecule has 0 bridgehead atoms. The number of nitrogens with zero attached hydrogens (tertiary/aromatic N) is 2. The second-order valence-electron chi connectivity index (χ2n) is 6.24. The van der Waals surface area contributed by atoms with Gasteiger partial charge in [0.15, 0.2) is 6.61 Å². The predicted molar refractivity (Wildman–Crippen MR) is 98.3 cm³/mol. The summed E-state index contributed by atoms with van der Waals surface area (Å²) in [7, 11) is 0. The summed E-state index contributed by atoms with van der Waals surface area (Å²) in [5, 5.41) is 8.85. The lowest BCUT2D eigenvalue weighted by molar-refractivity contribution is -0.163. The molecule has 28 heavy (non-hydrogen) atoms. The minimum atomic E-state index is -0.816. The number of carbonyl (C=O) groups excluding carboxylic acids is 3. The van der Waals surface area contributed by atoms with Gasteiger partial charge in [-0.15, -0.1) is 0 Å². The van der Waals surface area contributed by atoms with Gasteiger partial charge in [0.25, 0.3) is 5.91 Å². The normalized spacial score (nSPS) is 15.5. The standard InChI is InChI=1S/C21H18N2O5/c22-13-15-8-10-16(11-9-15)20(25)23-12-4-7-18(23)21(26)28-19(24)14-27-17-5-2-1-3-6-17/h1-3,5-6,8-11,18H,4,7,12,14H2. The number of ether oxygens (including phenoxy) is 2. The van der Waals surface area contributed by atoms with E-state index in [4.69, 9.17) is 14.7 Å². The van der Waals surface area contributed by atoms with Crippen molar-refractivity contribution in [3.63, 3.8) is 0 Å². The zero-order chi connectivity index (χ0) is 19.9. The molecule has 1 unspecified atom stereocenters. The van der Waals surface area contributed by atoms with Gasteiger partial charge in [0.2, 0.25) is 0 Å². The SMILES string of the molecule is N#Cc1ccc(C(=O)N2CCCC2C(=O)OC(=O)COc2ccccc2)cc1. The maximum absolute atomic E-state index is 12.7. The van der Waals surface area contributed by atoms with Gasteiger partial charge in [0.1, 0.15) is 11.8 Å². The van der Waals surface area contributed by atoms with Crippen molar-refractivity contribution in [1.29, 1.82) is 5.26 Å². The molecule has 2 aromatic rings. The summed E-state index contributed by atoms with van der Waals surface area (Å²) < 4.78 is 10.1. The zero-order valence-electron chi connectivity index (χ0n) is 15.0. The third kappa shape index (κ3) is 4.54. The van der Waals surface area contributed by atoms with Crippen molar-refractivity contribution in [3.8, 4) is 11.8 Å². The first kappa shape index (κ1) is 19.1. The van der Waals surface area contributed by atoms with E-state index in [0.29, 0.717) is 36.3 Å². The molecule has 3 rings (SSSR count). The lowest BCUT2D eigenvalue weighted by atomic mass is 10.1. The van der Waals surface area contributed by atoms with Crippen molar-refractivity contribution >= 4 is 17.8 Å². The summed E-state index contributed by atoms with van der Waals surface area (Å²) in [5.74, 6) is -1.42. The fourth-order valence-electron chi connectivity index (χ4n) is 2.98. The Morgan fingerprint density at radius 3 is 2.46 bits per heavy atom. The van der Waals surface area contributed by atoms with Crippen LogP contribution in [0, 0.1) is 11.3 Å². The van der Waals surface area contributed by atoms with Crippen LogP contribution in [-0.4, -0.2) is 41.9 Å². The number of benzene rings is 2. The van der Waals surface area contributed by atoms with Crippen LogP contribution in [0.25, 0.3) is 0 Å². The van der Waals surface area contributed by atoms with Crippen molar-refractivity contribution in [2.24, 2.45) is 0 Å². The highest BCUT2D eigenvalue weighted by atomic mass is 16.6. The highest BCUT2D eigenvalue weighted by Gasteiger charge is 2.36. The van der Waals surface area contributed by atoms with Gasteiger partial charge in [-0.1, -0.05) is 18.2 Å². The van der Waals surface area contributed by atoms with E-state index in [9.17, 15) is 14.4 Å². The predicted octanol–water partition coefficient (Wildman–Crippen LogP) is 2.31. The van der Waals surface area contributed by atoms with Gasteiger partial charge in [0, 0.05) is 12.1 Å². The number of amides is 1. The Hall–Kier alpha value is -3.66. The molecule has 7 heteroatoms. The molecule has 1 aliphatic heterocycles. The van der Waals surface area contributed by atoms with Crippen LogP contribution < -0.4 is 4.74 Å². The van der Waals surface area contributed by atoms with E-state index in [-0.39, 0.29) is 5.91 Å². The Balaban J connectivity index is 1.58. The molecule has 0 aliphatic carbocycles. The second kappa shape index (κ2) is 8.82. The van der Waals surface area contributed by atoms with E-state index in [1.54, 1.807) is 48.5 Å². The van der Waals surface area contributed by atoms with E-state index in [1.807, 2.05) is 12.1 Å². The quantitative estimate of drug-likeness (QED) is 0.585. The topological polar surface area (TPSA) is 96.7 Å². The Kier molecular flexibility index (Phi) is 6.02. The number of hydrogen-bond donors (Lipinski definition) is 0. The van der Waals surface area contributed by atoms with E-state index in [0.717, 1.165) is 0 Å². The first-order valence-electron chi connectivity index (χ1n) is 8.82. The number of esters is 2. The molecule has 0 spiro atoms. The van der Waals surface area contributed by atoms with E-state index in [2.05, 4.69) is 0 Å². The summed E-state index contributed by atoms with van der Waals surface area (Å²) in [5.41, 5.74) is 0.815. The van der Waals surface area contributed by atoms with Crippen LogP contribution in [0.4, 0.5) is 0 Å². The van der Waals surface area contributed by atoms with Crippen molar-refractivity contribution < 1.29 is 23.9 Å². The number of para-hydroxylation sites is 1. The van der Waals surface area contributed by atoms with Gasteiger partial charge >= 0.3 is 11.9 Å². The molecule has 1 heterocycles. The maximum atomic E-state index is 12.7. The van der Waals surface area contributed by atoms with Gasteiger partial charge in [0.05, 0.1) is 11.6 Å². The third-order valence-electron chi connectivity index (χ3n) is 4.36. The summed E-state index contributed by atoms with van der Waals surface area (Å²) in [4.78, 5) is 38.4. The lowest BCUT2D eigenvalue weighted by Gasteiger charge is -2.23. The van der Waals surface area contributed by atoms with E-state index >= 15 is 0 Å². The lowest BCUT2D eigenvalue weighted by Crippen LogP contribution is -2.42. The van der Waals surface area contributed by atoms with Crippen LogP contribution in [0.3, 0.4) is 0 Å². The summed E-state index contributed by atoms with van der Waals surface area (Å²) in [6.07, 6.45) is 1.06. The maximum Gasteiger partial charge on any atom is 0.351 e. The number of likely N-dealkylation sites (tertiary alicyclic amines) is 1. The summed E-state index contributed by atoms with van der Waals surface area (Å²) in [6.45, 7) is -0.000646.